The van der Waals surface area contributed by atoms with Gasteiger partial charge in [0.05, 0.1) is 4.92 Å². The van der Waals surface area contributed by atoms with Gasteiger partial charge in [-0.1, -0.05) is 0 Å². The fraction of sp³-hybridized carbons (Fsp3) is 0.158. The highest BCUT2D eigenvalue weighted by Crippen LogP contribution is 2.15. The maximum absolute atomic E-state index is 13.0. The van der Waals surface area contributed by atoms with Gasteiger partial charge in [0.25, 0.3) is 11.6 Å². The molecule has 140 valence electrons. The molecular formula is C19H17FN2O5. The van der Waals surface area contributed by atoms with Crippen molar-refractivity contribution < 1.29 is 23.6 Å². The first-order valence-electron chi connectivity index (χ1n) is 8.06. The molecule has 0 saturated heterocycles. The Morgan fingerprint density at radius 3 is 2.33 bits per heavy atom. The Hall–Kier alpha value is -3.55. The van der Waals surface area contributed by atoms with Crippen molar-refractivity contribution in [3.63, 3.8) is 0 Å². The molecule has 0 N–H and O–H groups in total. The number of amides is 1. The standard InChI is InChI=1S/C19H17FN2O5/c1-2-21(16-10-6-15(20)7-11-16)18(23)13-27-19(24)12-5-14-3-8-17(9-4-14)22(25)26/h3-12H,2,13H2,1H3/b12-5+. The number of hydrogen-bond acceptors (Lipinski definition) is 5. The molecule has 7 nitrogen and oxygen atoms in total. The van der Waals surface area contributed by atoms with Gasteiger partial charge in [-0.3, -0.25) is 14.9 Å². The normalized spacial score (nSPS) is 10.6. The van der Waals surface area contributed by atoms with Crippen LogP contribution >= 0.6 is 0 Å². The molecule has 2 aromatic carbocycles. The summed E-state index contributed by atoms with van der Waals surface area (Å²) in [6.07, 6.45) is 2.55. The first-order chi connectivity index (χ1) is 12.9. The number of non-ortho nitro benzene ring substituents is 1. The number of halogens is 1. The lowest BCUT2D eigenvalue weighted by molar-refractivity contribution is -0.384. The van der Waals surface area contributed by atoms with Crippen LogP contribution in [0.4, 0.5) is 15.8 Å². The molecule has 0 radical (unpaired) electrons. The highest BCUT2D eigenvalue weighted by molar-refractivity contribution is 5.96. The van der Waals surface area contributed by atoms with E-state index < -0.39 is 29.2 Å². The van der Waals surface area contributed by atoms with E-state index in [0.29, 0.717) is 17.8 Å². The summed E-state index contributed by atoms with van der Waals surface area (Å²) in [5, 5.41) is 10.6. The van der Waals surface area contributed by atoms with Gasteiger partial charge in [0, 0.05) is 30.4 Å². The molecule has 0 atom stereocenters. The van der Waals surface area contributed by atoms with Crippen LogP contribution in [0, 0.1) is 15.9 Å². The highest BCUT2D eigenvalue weighted by atomic mass is 19.1. The minimum atomic E-state index is -0.725. The van der Waals surface area contributed by atoms with Gasteiger partial charge in [-0.05, 0) is 55.0 Å². The van der Waals surface area contributed by atoms with Crippen LogP contribution in [-0.2, 0) is 14.3 Å². The number of nitro benzene ring substituents is 1. The second kappa shape index (κ2) is 9.23. The number of benzene rings is 2. The van der Waals surface area contributed by atoms with Crippen LogP contribution in [0.2, 0.25) is 0 Å². The Balaban J connectivity index is 1.90. The third-order valence-electron chi connectivity index (χ3n) is 3.61. The quantitative estimate of drug-likeness (QED) is 0.322. The van der Waals surface area contributed by atoms with Crippen LogP contribution in [0.5, 0.6) is 0 Å². The lowest BCUT2D eigenvalue weighted by Crippen LogP contribution is -2.34. The molecule has 27 heavy (non-hydrogen) atoms. The average molecular weight is 372 g/mol. The van der Waals surface area contributed by atoms with Crippen molar-refractivity contribution in [3.05, 3.63) is 76.1 Å². The Bertz CT molecular complexity index is 847. The molecule has 1 amide bonds. The summed E-state index contributed by atoms with van der Waals surface area (Å²) >= 11 is 0. The van der Waals surface area contributed by atoms with Crippen LogP contribution in [0.3, 0.4) is 0 Å². The van der Waals surface area contributed by atoms with Crippen LogP contribution in [-0.4, -0.2) is 30.0 Å². The molecular weight excluding hydrogens is 355 g/mol. The molecule has 0 aliphatic rings. The van der Waals surface area contributed by atoms with E-state index in [2.05, 4.69) is 0 Å². The lowest BCUT2D eigenvalue weighted by atomic mass is 10.2. The van der Waals surface area contributed by atoms with Gasteiger partial charge >= 0.3 is 5.97 Å². The zero-order chi connectivity index (χ0) is 19.8. The molecule has 0 saturated carbocycles. The average Bonchev–Trinajstić information content (AvgIpc) is 2.67. The molecule has 2 rings (SSSR count). The highest BCUT2D eigenvalue weighted by Gasteiger charge is 2.15. The number of carbonyl (C=O) groups is 2. The summed E-state index contributed by atoms with van der Waals surface area (Å²) in [5.41, 5.74) is 1.02. The van der Waals surface area contributed by atoms with Gasteiger partial charge in [0.2, 0.25) is 0 Å². The molecule has 2 aromatic rings. The van der Waals surface area contributed by atoms with Crippen molar-refractivity contribution in [2.45, 2.75) is 6.92 Å². The van der Waals surface area contributed by atoms with Crippen molar-refractivity contribution in [1.29, 1.82) is 0 Å². The van der Waals surface area contributed by atoms with Crippen molar-refractivity contribution in [1.82, 2.24) is 0 Å². The van der Waals surface area contributed by atoms with Gasteiger partial charge in [0.15, 0.2) is 6.61 Å². The fourth-order valence-electron chi connectivity index (χ4n) is 2.25. The summed E-state index contributed by atoms with van der Waals surface area (Å²) in [5.74, 6) is -1.58. The Morgan fingerprint density at radius 1 is 1.15 bits per heavy atom. The van der Waals surface area contributed by atoms with Crippen molar-refractivity contribution in [2.24, 2.45) is 0 Å². The zero-order valence-corrected chi connectivity index (χ0v) is 14.5. The van der Waals surface area contributed by atoms with Gasteiger partial charge in [-0.2, -0.15) is 0 Å². The maximum atomic E-state index is 13.0. The number of nitrogens with zero attached hydrogens (tertiary/aromatic N) is 2. The van der Waals surface area contributed by atoms with Gasteiger partial charge in [0.1, 0.15) is 5.82 Å². The predicted octanol–water partition coefficient (Wildman–Crippen LogP) is 3.34. The first-order valence-corrected chi connectivity index (χ1v) is 8.06. The van der Waals surface area contributed by atoms with E-state index in [1.807, 2.05) is 0 Å². The predicted molar refractivity (Wildman–Crippen MR) is 97.5 cm³/mol. The van der Waals surface area contributed by atoms with E-state index in [-0.39, 0.29) is 5.69 Å². The fourth-order valence-corrected chi connectivity index (χ4v) is 2.25. The Kier molecular flexibility index (Phi) is 6.76. The number of nitro groups is 1. The van der Waals surface area contributed by atoms with Crippen LogP contribution in [0.25, 0.3) is 6.08 Å². The smallest absolute Gasteiger partial charge is 0.331 e. The maximum Gasteiger partial charge on any atom is 0.331 e. The zero-order valence-electron chi connectivity index (χ0n) is 14.5. The summed E-state index contributed by atoms with van der Waals surface area (Å²) < 4.78 is 17.9. The minimum absolute atomic E-state index is 0.0548. The number of ether oxygens (including phenoxy) is 1. The third kappa shape index (κ3) is 5.74. The summed E-state index contributed by atoms with van der Waals surface area (Å²) in [6.45, 7) is 1.62. The second-order valence-corrected chi connectivity index (χ2v) is 5.40. The number of hydrogen-bond donors (Lipinski definition) is 0. The van der Waals surface area contributed by atoms with E-state index in [1.54, 1.807) is 6.92 Å². The molecule has 0 spiro atoms. The molecule has 0 fully saturated rings. The first kappa shape index (κ1) is 19.8. The van der Waals surface area contributed by atoms with Crippen LogP contribution in [0.15, 0.2) is 54.6 Å². The molecule has 0 bridgehead atoms. The van der Waals surface area contributed by atoms with E-state index >= 15 is 0 Å². The van der Waals surface area contributed by atoms with Crippen LogP contribution in [0.1, 0.15) is 12.5 Å². The number of esters is 1. The molecule has 0 aliphatic carbocycles. The Morgan fingerprint density at radius 2 is 1.78 bits per heavy atom. The van der Waals surface area contributed by atoms with Gasteiger partial charge in [-0.15, -0.1) is 0 Å². The topological polar surface area (TPSA) is 89.8 Å². The number of rotatable bonds is 7. The molecule has 0 unspecified atom stereocenters. The SMILES string of the molecule is CCN(C(=O)COC(=O)/C=C/c1ccc([N+](=O)[O-])cc1)c1ccc(F)cc1. The van der Waals surface area contributed by atoms with Gasteiger partial charge in [-0.25, -0.2) is 9.18 Å². The van der Waals surface area contributed by atoms with Gasteiger partial charge < -0.3 is 9.64 Å². The number of likely N-dealkylation sites (N-methyl/N-ethyl adjacent to an activating group) is 1. The summed E-state index contributed by atoms with van der Waals surface area (Å²) in [4.78, 5) is 35.4. The third-order valence-corrected chi connectivity index (χ3v) is 3.61. The second-order valence-electron chi connectivity index (χ2n) is 5.40. The van der Waals surface area contributed by atoms with Crippen molar-refractivity contribution in [2.75, 3.05) is 18.1 Å². The largest absolute Gasteiger partial charge is 0.452 e. The van der Waals surface area contributed by atoms with E-state index in [0.717, 1.165) is 6.08 Å². The van der Waals surface area contributed by atoms with E-state index in [9.17, 15) is 24.1 Å². The molecule has 0 aliphatic heterocycles. The monoisotopic (exact) mass is 372 g/mol. The number of anilines is 1. The van der Waals surface area contributed by atoms with Crippen molar-refractivity contribution in [3.8, 4) is 0 Å². The lowest BCUT2D eigenvalue weighted by Gasteiger charge is -2.20. The number of carbonyl (C=O) groups excluding carboxylic acids is 2. The molecule has 8 heteroatoms. The van der Waals surface area contributed by atoms with Crippen molar-refractivity contribution >= 4 is 29.3 Å². The minimum Gasteiger partial charge on any atom is -0.452 e. The summed E-state index contributed by atoms with van der Waals surface area (Å²) in [7, 11) is 0. The van der Waals surface area contributed by atoms with Crippen LogP contribution < -0.4 is 4.90 Å². The molecule has 0 aromatic heterocycles. The summed E-state index contributed by atoms with van der Waals surface area (Å²) in [6, 6.07) is 11.0. The molecule has 0 heterocycles. The van der Waals surface area contributed by atoms with E-state index in [1.165, 1.54) is 59.5 Å². The van der Waals surface area contributed by atoms with E-state index in [4.69, 9.17) is 4.74 Å². The Labute approximate surface area is 154 Å².